The standard InChI is InChI=1S/C11H25NO2/c1-7-12(6)8-10(11(3,4)5)14-9(2)13/h9-10,13H,7-8H2,1-6H3. The number of hydrogen-bond donors (Lipinski definition) is 1. The summed E-state index contributed by atoms with van der Waals surface area (Å²) < 4.78 is 5.50. The summed E-state index contributed by atoms with van der Waals surface area (Å²) >= 11 is 0. The minimum Gasteiger partial charge on any atom is -0.368 e. The normalized spacial score (nSPS) is 17.1. The number of likely N-dealkylation sites (N-methyl/N-ethyl adjacent to an activating group) is 1. The first-order valence-corrected chi connectivity index (χ1v) is 5.29. The van der Waals surface area contributed by atoms with E-state index in [0.29, 0.717) is 0 Å². The summed E-state index contributed by atoms with van der Waals surface area (Å²) in [4.78, 5) is 2.19. The largest absolute Gasteiger partial charge is 0.368 e. The van der Waals surface area contributed by atoms with Crippen molar-refractivity contribution in [3.05, 3.63) is 0 Å². The van der Waals surface area contributed by atoms with Crippen LogP contribution >= 0.6 is 0 Å². The maximum Gasteiger partial charge on any atom is 0.152 e. The number of rotatable bonds is 5. The van der Waals surface area contributed by atoms with Gasteiger partial charge in [0.05, 0.1) is 6.10 Å². The van der Waals surface area contributed by atoms with Crippen LogP contribution in [0.2, 0.25) is 0 Å². The molecule has 0 aromatic rings. The Balaban J connectivity index is 4.26. The highest BCUT2D eigenvalue weighted by Crippen LogP contribution is 2.23. The number of ether oxygens (including phenoxy) is 1. The zero-order chi connectivity index (χ0) is 11.4. The Bertz CT molecular complexity index is 152. The van der Waals surface area contributed by atoms with Crippen molar-refractivity contribution in [1.29, 1.82) is 0 Å². The molecule has 3 heteroatoms. The van der Waals surface area contributed by atoms with Crippen LogP contribution < -0.4 is 0 Å². The molecule has 2 unspecified atom stereocenters. The van der Waals surface area contributed by atoms with Crippen molar-refractivity contribution >= 4 is 0 Å². The molecule has 0 aromatic carbocycles. The summed E-state index contributed by atoms with van der Waals surface area (Å²) in [6.07, 6.45) is -0.628. The van der Waals surface area contributed by atoms with Crippen molar-refractivity contribution in [2.75, 3.05) is 20.1 Å². The molecular formula is C11H25NO2. The first-order valence-electron chi connectivity index (χ1n) is 5.29. The van der Waals surface area contributed by atoms with Crippen LogP contribution in [-0.4, -0.2) is 42.5 Å². The van der Waals surface area contributed by atoms with Crippen molar-refractivity contribution in [1.82, 2.24) is 4.90 Å². The maximum absolute atomic E-state index is 9.23. The molecule has 0 fully saturated rings. The lowest BCUT2D eigenvalue weighted by molar-refractivity contribution is -0.158. The smallest absolute Gasteiger partial charge is 0.152 e. The van der Waals surface area contributed by atoms with Crippen LogP contribution in [-0.2, 0) is 4.74 Å². The van der Waals surface area contributed by atoms with Crippen molar-refractivity contribution in [2.24, 2.45) is 5.41 Å². The van der Waals surface area contributed by atoms with Crippen molar-refractivity contribution in [3.63, 3.8) is 0 Å². The maximum atomic E-state index is 9.23. The van der Waals surface area contributed by atoms with Gasteiger partial charge < -0.3 is 14.7 Å². The lowest BCUT2D eigenvalue weighted by atomic mass is 9.88. The van der Waals surface area contributed by atoms with E-state index in [1.807, 2.05) is 0 Å². The second kappa shape index (κ2) is 5.69. The molecule has 0 spiro atoms. The summed E-state index contributed by atoms with van der Waals surface area (Å²) in [7, 11) is 2.06. The van der Waals surface area contributed by atoms with E-state index in [4.69, 9.17) is 4.74 Å². The van der Waals surface area contributed by atoms with Crippen LogP contribution in [0.15, 0.2) is 0 Å². The molecule has 0 radical (unpaired) electrons. The Hall–Kier alpha value is -0.120. The fourth-order valence-corrected chi connectivity index (χ4v) is 1.17. The van der Waals surface area contributed by atoms with Gasteiger partial charge in [0.2, 0.25) is 0 Å². The van der Waals surface area contributed by atoms with E-state index in [2.05, 4.69) is 39.6 Å². The summed E-state index contributed by atoms with van der Waals surface area (Å²) in [5.41, 5.74) is 0.0560. The Kier molecular flexibility index (Phi) is 5.64. The Morgan fingerprint density at radius 2 is 1.86 bits per heavy atom. The van der Waals surface area contributed by atoms with Crippen LogP contribution in [0.1, 0.15) is 34.6 Å². The minimum absolute atomic E-state index is 0.0560. The Morgan fingerprint density at radius 1 is 1.36 bits per heavy atom. The molecule has 0 bridgehead atoms. The fourth-order valence-electron chi connectivity index (χ4n) is 1.17. The Labute approximate surface area is 88.1 Å². The van der Waals surface area contributed by atoms with Crippen LogP contribution in [0.4, 0.5) is 0 Å². The number of nitrogens with zero attached hydrogens (tertiary/aromatic N) is 1. The van der Waals surface area contributed by atoms with Gasteiger partial charge in [-0.3, -0.25) is 0 Å². The summed E-state index contributed by atoms with van der Waals surface area (Å²) in [6.45, 7) is 12.0. The van der Waals surface area contributed by atoms with Gasteiger partial charge >= 0.3 is 0 Å². The SMILES string of the molecule is CCN(C)CC(OC(C)O)C(C)(C)C. The van der Waals surface area contributed by atoms with Gasteiger partial charge in [-0.05, 0) is 25.9 Å². The zero-order valence-corrected chi connectivity index (χ0v) is 10.4. The number of aliphatic hydroxyl groups is 1. The minimum atomic E-state index is -0.690. The second-order valence-electron chi connectivity index (χ2n) is 4.94. The number of hydrogen-bond acceptors (Lipinski definition) is 3. The van der Waals surface area contributed by atoms with Gasteiger partial charge in [-0.2, -0.15) is 0 Å². The van der Waals surface area contributed by atoms with Crippen molar-refractivity contribution < 1.29 is 9.84 Å². The molecule has 0 saturated heterocycles. The van der Waals surface area contributed by atoms with E-state index >= 15 is 0 Å². The molecule has 2 atom stereocenters. The van der Waals surface area contributed by atoms with Gasteiger partial charge in [0.25, 0.3) is 0 Å². The lowest BCUT2D eigenvalue weighted by Crippen LogP contribution is -2.41. The first-order chi connectivity index (χ1) is 6.27. The molecule has 0 aliphatic heterocycles. The molecule has 3 nitrogen and oxygen atoms in total. The molecule has 0 saturated carbocycles. The summed E-state index contributed by atoms with van der Waals surface area (Å²) in [5, 5.41) is 9.23. The molecule has 0 aliphatic rings. The lowest BCUT2D eigenvalue weighted by Gasteiger charge is -2.34. The van der Waals surface area contributed by atoms with Gasteiger partial charge in [-0.25, -0.2) is 0 Å². The predicted molar refractivity (Wildman–Crippen MR) is 59.2 cm³/mol. The summed E-state index contributed by atoms with van der Waals surface area (Å²) in [6, 6.07) is 0. The molecule has 0 aliphatic carbocycles. The highest BCUT2D eigenvalue weighted by atomic mass is 16.6. The monoisotopic (exact) mass is 203 g/mol. The third-order valence-electron chi connectivity index (χ3n) is 2.34. The van der Waals surface area contributed by atoms with Crippen LogP contribution in [0.3, 0.4) is 0 Å². The molecular weight excluding hydrogens is 178 g/mol. The molecule has 86 valence electrons. The third-order valence-corrected chi connectivity index (χ3v) is 2.34. The van der Waals surface area contributed by atoms with Gasteiger partial charge in [-0.15, -0.1) is 0 Å². The average molecular weight is 203 g/mol. The van der Waals surface area contributed by atoms with Crippen molar-refractivity contribution in [2.45, 2.75) is 47.0 Å². The first kappa shape index (κ1) is 13.9. The molecule has 0 aromatic heterocycles. The van der Waals surface area contributed by atoms with E-state index in [1.165, 1.54) is 0 Å². The molecule has 0 heterocycles. The van der Waals surface area contributed by atoms with E-state index < -0.39 is 6.29 Å². The Morgan fingerprint density at radius 3 is 2.14 bits per heavy atom. The summed E-state index contributed by atoms with van der Waals surface area (Å²) in [5.74, 6) is 0. The molecule has 0 amide bonds. The van der Waals surface area contributed by atoms with Gasteiger partial charge in [0.15, 0.2) is 6.29 Å². The van der Waals surface area contributed by atoms with Gasteiger partial charge in [0.1, 0.15) is 0 Å². The van der Waals surface area contributed by atoms with Gasteiger partial charge in [0, 0.05) is 6.54 Å². The number of aliphatic hydroxyl groups excluding tert-OH is 1. The van der Waals surface area contributed by atoms with Crippen molar-refractivity contribution in [3.8, 4) is 0 Å². The second-order valence-corrected chi connectivity index (χ2v) is 4.94. The van der Waals surface area contributed by atoms with E-state index in [0.717, 1.165) is 13.1 Å². The highest BCUT2D eigenvalue weighted by Gasteiger charge is 2.27. The van der Waals surface area contributed by atoms with Gasteiger partial charge in [-0.1, -0.05) is 27.7 Å². The van der Waals surface area contributed by atoms with E-state index in [1.54, 1.807) is 6.92 Å². The van der Waals surface area contributed by atoms with Crippen LogP contribution in [0.5, 0.6) is 0 Å². The fraction of sp³-hybridized carbons (Fsp3) is 1.00. The highest BCUT2D eigenvalue weighted by molar-refractivity contribution is 4.77. The predicted octanol–water partition coefficient (Wildman–Crippen LogP) is 1.71. The molecule has 1 N–H and O–H groups in total. The van der Waals surface area contributed by atoms with E-state index in [-0.39, 0.29) is 11.5 Å². The molecule has 14 heavy (non-hydrogen) atoms. The average Bonchev–Trinajstić information content (AvgIpc) is 2.00. The third kappa shape index (κ3) is 5.58. The quantitative estimate of drug-likeness (QED) is 0.690. The van der Waals surface area contributed by atoms with Crippen LogP contribution in [0, 0.1) is 5.41 Å². The molecule has 0 rings (SSSR count). The topological polar surface area (TPSA) is 32.7 Å². The van der Waals surface area contributed by atoms with Crippen LogP contribution in [0.25, 0.3) is 0 Å². The zero-order valence-electron chi connectivity index (χ0n) is 10.4. The van der Waals surface area contributed by atoms with E-state index in [9.17, 15) is 5.11 Å².